The summed E-state index contributed by atoms with van der Waals surface area (Å²) in [7, 11) is 0. The number of hydrogen-bond acceptors (Lipinski definition) is 8. The predicted molar refractivity (Wildman–Crippen MR) is 120 cm³/mol. The van der Waals surface area contributed by atoms with Gasteiger partial charge in [-0.25, -0.2) is 9.97 Å². The molecule has 0 atom stereocenters. The van der Waals surface area contributed by atoms with E-state index >= 15 is 0 Å². The second-order valence-corrected chi connectivity index (χ2v) is 7.42. The number of rotatable bonds is 6. The predicted octanol–water partition coefficient (Wildman–Crippen LogP) is 2.55. The van der Waals surface area contributed by atoms with Crippen LogP contribution in [0.4, 0.5) is 17.3 Å². The summed E-state index contributed by atoms with van der Waals surface area (Å²) in [5, 5.41) is 2.77. The van der Waals surface area contributed by atoms with Crippen molar-refractivity contribution in [3.05, 3.63) is 60.9 Å². The van der Waals surface area contributed by atoms with Gasteiger partial charge in [0.25, 0.3) is 5.91 Å². The fraction of sp³-hybridized carbons (Fsp3) is 0.261. The standard InChI is InChI=1S/C23H23N5O4/c29-23(14-30-18-6-7-19-20(12-18)32-16-31-19)26-21-13-22(25-15-24-21)28-10-8-27(9-11-28)17-4-2-1-3-5-17/h1-7,12-13,15H,8-11,14,16H2,(H,24,25,26,29). The van der Waals surface area contributed by atoms with Gasteiger partial charge in [0.05, 0.1) is 0 Å². The van der Waals surface area contributed by atoms with Crippen molar-refractivity contribution in [1.82, 2.24) is 9.97 Å². The minimum Gasteiger partial charge on any atom is -0.484 e. The van der Waals surface area contributed by atoms with Crippen molar-refractivity contribution in [3.63, 3.8) is 0 Å². The Morgan fingerprint density at radius 3 is 2.56 bits per heavy atom. The van der Waals surface area contributed by atoms with E-state index in [1.54, 1.807) is 24.3 Å². The van der Waals surface area contributed by atoms with E-state index in [2.05, 4.69) is 49.4 Å². The van der Waals surface area contributed by atoms with Gasteiger partial charge in [-0.15, -0.1) is 0 Å². The Balaban J connectivity index is 1.14. The molecule has 0 bridgehead atoms. The minimum absolute atomic E-state index is 0.144. The van der Waals surface area contributed by atoms with Crippen LogP contribution in [0.5, 0.6) is 17.2 Å². The number of anilines is 3. The molecule has 0 radical (unpaired) electrons. The van der Waals surface area contributed by atoms with Crippen molar-refractivity contribution < 1.29 is 19.0 Å². The molecule has 0 spiro atoms. The van der Waals surface area contributed by atoms with Crippen molar-refractivity contribution in [2.75, 3.05) is 54.7 Å². The summed E-state index contributed by atoms with van der Waals surface area (Å²) < 4.78 is 16.1. The van der Waals surface area contributed by atoms with E-state index < -0.39 is 0 Å². The number of nitrogens with zero attached hydrogens (tertiary/aromatic N) is 4. The lowest BCUT2D eigenvalue weighted by Gasteiger charge is -2.36. The number of amides is 1. The van der Waals surface area contributed by atoms with Crippen LogP contribution in [0.15, 0.2) is 60.9 Å². The summed E-state index contributed by atoms with van der Waals surface area (Å²) in [4.78, 5) is 25.4. The third kappa shape index (κ3) is 4.51. The Hall–Kier alpha value is -4.01. The monoisotopic (exact) mass is 433 g/mol. The molecule has 0 aliphatic carbocycles. The first kappa shape index (κ1) is 19.9. The van der Waals surface area contributed by atoms with Gasteiger partial charge in [0, 0.05) is 44.0 Å². The van der Waals surface area contributed by atoms with Crippen LogP contribution in [0.25, 0.3) is 0 Å². The quantitative estimate of drug-likeness (QED) is 0.635. The van der Waals surface area contributed by atoms with Crippen LogP contribution in [-0.2, 0) is 4.79 Å². The third-order valence-corrected chi connectivity index (χ3v) is 5.36. The molecule has 1 fully saturated rings. The smallest absolute Gasteiger partial charge is 0.263 e. The normalized spacial score (nSPS) is 14.9. The number of carbonyl (C=O) groups is 1. The van der Waals surface area contributed by atoms with Crippen molar-refractivity contribution in [2.24, 2.45) is 0 Å². The van der Waals surface area contributed by atoms with Crippen molar-refractivity contribution in [1.29, 1.82) is 0 Å². The first-order chi connectivity index (χ1) is 15.7. The van der Waals surface area contributed by atoms with Gasteiger partial charge < -0.3 is 29.3 Å². The molecule has 2 aliphatic heterocycles. The molecule has 1 aromatic heterocycles. The summed E-state index contributed by atoms with van der Waals surface area (Å²) >= 11 is 0. The van der Waals surface area contributed by atoms with E-state index in [4.69, 9.17) is 14.2 Å². The third-order valence-electron chi connectivity index (χ3n) is 5.36. The summed E-state index contributed by atoms with van der Waals surface area (Å²) in [6.45, 7) is 3.53. The van der Waals surface area contributed by atoms with Crippen molar-refractivity contribution >= 4 is 23.2 Å². The van der Waals surface area contributed by atoms with Gasteiger partial charge in [-0.3, -0.25) is 4.79 Å². The van der Waals surface area contributed by atoms with E-state index in [1.165, 1.54) is 12.0 Å². The molecule has 2 aliphatic rings. The first-order valence-corrected chi connectivity index (χ1v) is 10.4. The van der Waals surface area contributed by atoms with E-state index in [-0.39, 0.29) is 19.3 Å². The zero-order chi connectivity index (χ0) is 21.8. The summed E-state index contributed by atoms with van der Waals surface area (Å²) in [5.74, 6) is 2.74. The van der Waals surface area contributed by atoms with Gasteiger partial charge in [0.1, 0.15) is 23.7 Å². The lowest BCUT2D eigenvalue weighted by Crippen LogP contribution is -2.46. The maximum atomic E-state index is 12.3. The summed E-state index contributed by atoms with van der Waals surface area (Å²) in [6, 6.07) is 17.4. The highest BCUT2D eigenvalue weighted by atomic mass is 16.7. The van der Waals surface area contributed by atoms with E-state index in [9.17, 15) is 4.79 Å². The molecule has 9 nitrogen and oxygen atoms in total. The molecule has 1 saturated heterocycles. The van der Waals surface area contributed by atoms with Crippen LogP contribution in [0.1, 0.15) is 0 Å². The highest BCUT2D eigenvalue weighted by Crippen LogP contribution is 2.35. The van der Waals surface area contributed by atoms with Crippen LogP contribution >= 0.6 is 0 Å². The van der Waals surface area contributed by atoms with Gasteiger partial charge in [-0.1, -0.05) is 18.2 Å². The molecule has 164 valence electrons. The number of benzene rings is 2. The fourth-order valence-corrected chi connectivity index (χ4v) is 3.72. The Bertz CT molecular complexity index is 1090. The van der Waals surface area contributed by atoms with Crippen LogP contribution < -0.4 is 29.3 Å². The number of fused-ring (bicyclic) bond motifs is 1. The molecule has 1 amide bonds. The Morgan fingerprint density at radius 2 is 1.72 bits per heavy atom. The largest absolute Gasteiger partial charge is 0.484 e. The lowest BCUT2D eigenvalue weighted by atomic mass is 10.2. The fourth-order valence-electron chi connectivity index (χ4n) is 3.72. The SMILES string of the molecule is O=C(COc1ccc2c(c1)OCO2)Nc1cc(N2CCN(c3ccccc3)CC2)ncn1. The molecule has 2 aromatic carbocycles. The van der Waals surface area contributed by atoms with Gasteiger partial charge in [-0.2, -0.15) is 0 Å². The minimum atomic E-state index is -0.304. The number of carbonyl (C=O) groups excluding carboxylic acids is 1. The molecule has 3 aromatic rings. The van der Waals surface area contributed by atoms with E-state index in [0.717, 1.165) is 32.0 Å². The molecular formula is C23H23N5O4. The maximum absolute atomic E-state index is 12.3. The topological polar surface area (TPSA) is 89.1 Å². The molecule has 0 saturated carbocycles. The number of ether oxygens (including phenoxy) is 3. The van der Waals surface area contributed by atoms with Crippen LogP contribution in [0.2, 0.25) is 0 Å². The molecular weight excluding hydrogens is 410 g/mol. The Morgan fingerprint density at radius 1 is 0.938 bits per heavy atom. The number of hydrogen-bond donors (Lipinski definition) is 1. The lowest BCUT2D eigenvalue weighted by molar-refractivity contribution is -0.118. The molecule has 1 N–H and O–H groups in total. The number of para-hydroxylation sites is 1. The summed E-state index contributed by atoms with van der Waals surface area (Å²) in [6.07, 6.45) is 1.47. The highest BCUT2D eigenvalue weighted by molar-refractivity contribution is 5.91. The molecule has 0 unspecified atom stereocenters. The molecule has 9 heteroatoms. The van der Waals surface area contributed by atoms with Crippen molar-refractivity contribution in [2.45, 2.75) is 0 Å². The molecule has 5 rings (SSSR count). The zero-order valence-electron chi connectivity index (χ0n) is 17.4. The number of piperazine rings is 1. The average molecular weight is 433 g/mol. The second-order valence-electron chi connectivity index (χ2n) is 7.42. The average Bonchev–Trinajstić information content (AvgIpc) is 3.32. The first-order valence-electron chi connectivity index (χ1n) is 10.4. The van der Waals surface area contributed by atoms with Crippen LogP contribution in [0, 0.1) is 0 Å². The molecule has 3 heterocycles. The Kier molecular flexibility index (Phi) is 5.61. The number of aromatic nitrogens is 2. The Labute approximate surface area is 185 Å². The van der Waals surface area contributed by atoms with E-state index in [1.807, 2.05) is 6.07 Å². The van der Waals surface area contributed by atoms with Crippen molar-refractivity contribution in [3.8, 4) is 17.2 Å². The van der Waals surface area contributed by atoms with Gasteiger partial charge in [0.15, 0.2) is 18.1 Å². The maximum Gasteiger partial charge on any atom is 0.263 e. The van der Waals surface area contributed by atoms with Crippen LogP contribution in [0.3, 0.4) is 0 Å². The molecule has 32 heavy (non-hydrogen) atoms. The van der Waals surface area contributed by atoms with Crippen LogP contribution in [-0.4, -0.2) is 55.5 Å². The second kappa shape index (κ2) is 9.01. The highest BCUT2D eigenvalue weighted by Gasteiger charge is 2.19. The van der Waals surface area contributed by atoms with Gasteiger partial charge in [0.2, 0.25) is 6.79 Å². The number of nitrogens with one attached hydrogen (secondary N) is 1. The zero-order valence-corrected chi connectivity index (χ0v) is 17.4. The van der Waals surface area contributed by atoms with Gasteiger partial charge >= 0.3 is 0 Å². The van der Waals surface area contributed by atoms with E-state index in [0.29, 0.717) is 23.1 Å². The van der Waals surface area contributed by atoms with Gasteiger partial charge in [-0.05, 0) is 24.3 Å². The summed E-state index contributed by atoms with van der Waals surface area (Å²) in [5.41, 5.74) is 1.23.